The normalized spacial score (nSPS) is 9.19. The van der Waals surface area contributed by atoms with Crippen molar-refractivity contribution >= 4 is 36.5 Å². The molecule has 0 bridgehead atoms. The van der Waals surface area contributed by atoms with E-state index < -0.39 is 0 Å². The van der Waals surface area contributed by atoms with E-state index in [0.717, 1.165) is 12.2 Å². The third kappa shape index (κ3) is 6.51. The second-order valence-corrected chi connectivity index (χ2v) is 4.09. The molecule has 0 saturated carbocycles. The lowest BCUT2D eigenvalue weighted by Gasteiger charge is -2.07. The van der Waals surface area contributed by atoms with Gasteiger partial charge in [-0.25, -0.2) is 4.98 Å². The maximum atomic E-state index is 11.2. The van der Waals surface area contributed by atoms with Crippen LogP contribution >= 0.6 is 24.8 Å². The van der Waals surface area contributed by atoms with Crippen LogP contribution in [0.4, 0.5) is 5.69 Å². The fourth-order valence-electron chi connectivity index (χ4n) is 1.71. The highest BCUT2D eigenvalue weighted by Crippen LogP contribution is 2.10. The summed E-state index contributed by atoms with van der Waals surface area (Å²) in [6, 6.07) is 7.94. The maximum absolute atomic E-state index is 11.2. The van der Waals surface area contributed by atoms with Crippen molar-refractivity contribution in [1.82, 2.24) is 9.55 Å². The predicted molar refractivity (Wildman–Crippen MR) is 87.4 cm³/mol. The molecule has 0 unspecified atom stereocenters. The fraction of sp³-hybridized carbons (Fsp3) is 0.286. The summed E-state index contributed by atoms with van der Waals surface area (Å²) in [6.45, 7) is 3.18. The van der Waals surface area contributed by atoms with Gasteiger partial charge in [0.05, 0.1) is 12.9 Å². The minimum absolute atomic E-state index is 0. The number of hydrogen-bond donors (Lipinski definition) is 1. The molecule has 0 fully saturated rings. The van der Waals surface area contributed by atoms with Gasteiger partial charge in [-0.05, 0) is 24.6 Å². The zero-order valence-corrected chi connectivity index (χ0v) is 13.3. The summed E-state index contributed by atoms with van der Waals surface area (Å²) in [6.07, 6.45) is 5.47. The molecule has 1 N–H and O–H groups in total. The monoisotopic (exact) mass is 331 g/mol. The quantitative estimate of drug-likeness (QED) is 0.827. The summed E-state index contributed by atoms with van der Waals surface area (Å²) in [5.41, 5.74) is 2.09. The van der Waals surface area contributed by atoms with E-state index in [1.54, 1.807) is 19.4 Å². The van der Waals surface area contributed by atoms with Crippen LogP contribution in [0.25, 0.3) is 0 Å². The Hall–Kier alpha value is -1.72. The Kier molecular flexibility index (Phi) is 9.25. The van der Waals surface area contributed by atoms with Gasteiger partial charge in [-0.2, -0.15) is 0 Å². The van der Waals surface area contributed by atoms with Gasteiger partial charge in [-0.3, -0.25) is 4.79 Å². The van der Waals surface area contributed by atoms with Crippen LogP contribution in [0, 0.1) is 0 Å². The zero-order chi connectivity index (χ0) is 13.5. The number of rotatable bonds is 6. The Morgan fingerprint density at radius 1 is 1.29 bits per heavy atom. The first-order valence-corrected chi connectivity index (χ1v) is 6.22. The van der Waals surface area contributed by atoms with Crippen LogP contribution in [0.2, 0.25) is 0 Å². The molecule has 7 heteroatoms. The molecule has 5 nitrogen and oxygen atoms in total. The van der Waals surface area contributed by atoms with E-state index in [0.29, 0.717) is 6.61 Å². The first-order valence-electron chi connectivity index (χ1n) is 6.22. The van der Waals surface area contributed by atoms with Crippen LogP contribution in [-0.2, 0) is 16.1 Å². The van der Waals surface area contributed by atoms with E-state index >= 15 is 0 Å². The molecule has 0 aliphatic rings. The van der Waals surface area contributed by atoms with Crippen molar-refractivity contribution in [2.24, 2.45) is 0 Å². The van der Waals surface area contributed by atoms with Crippen LogP contribution in [0.3, 0.4) is 0 Å². The third-order valence-corrected chi connectivity index (χ3v) is 2.62. The number of nitrogens with one attached hydrogen (secondary N) is 1. The summed E-state index contributed by atoms with van der Waals surface area (Å²) in [4.78, 5) is 15.2. The Balaban J connectivity index is 0.00000200. The molecule has 0 radical (unpaired) electrons. The number of imidazole rings is 1. The summed E-state index contributed by atoms with van der Waals surface area (Å²) >= 11 is 0. The van der Waals surface area contributed by atoms with E-state index in [4.69, 9.17) is 4.74 Å². The molecule has 1 aromatic heterocycles. The van der Waals surface area contributed by atoms with E-state index in [9.17, 15) is 4.79 Å². The second kappa shape index (κ2) is 10.1. The molecule has 0 aliphatic carbocycles. The van der Waals surface area contributed by atoms with E-state index in [2.05, 4.69) is 10.3 Å². The van der Waals surface area contributed by atoms with Gasteiger partial charge < -0.3 is 14.6 Å². The SMILES string of the molecule is CCOC(=O)CNc1ccc(Cn2ccnc2)cc1.Cl.Cl. The zero-order valence-electron chi connectivity index (χ0n) is 11.7. The minimum atomic E-state index is -0.245. The Labute approximate surface area is 136 Å². The van der Waals surface area contributed by atoms with Gasteiger partial charge in [0.2, 0.25) is 0 Å². The summed E-state index contributed by atoms with van der Waals surface area (Å²) in [7, 11) is 0. The van der Waals surface area contributed by atoms with Crippen LogP contribution in [-0.4, -0.2) is 28.7 Å². The van der Waals surface area contributed by atoms with Gasteiger partial charge in [-0.1, -0.05) is 12.1 Å². The highest BCUT2D eigenvalue weighted by molar-refractivity contribution is 5.85. The smallest absolute Gasteiger partial charge is 0.325 e. The second-order valence-electron chi connectivity index (χ2n) is 4.09. The average molecular weight is 332 g/mol. The van der Waals surface area contributed by atoms with Crippen molar-refractivity contribution < 1.29 is 9.53 Å². The summed E-state index contributed by atoms with van der Waals surface area (Å²) < 4.78 is 6.85. The highest BCUT2D eigenvalue weighted by atomic mass is 35.5. The molecule has 0 spiro atoms. The molecule has 21 heavy (non-hydrogen) atoms. The molecule has 0 saturated heterocycles. The summed E-state index contributed by atoms with van der Waals surface area (Å²) in [5, 5.41) is 3.02. The van der Waals surface area contributed by atoms with Crippen LogP contribution in [0.15, 0.2) is 43.0 Å². The van der Waals surface area contributed by atoms with Crippen LogP contribution in [0.1, 0.15) is 12.5 Å². The Morgan fingerprint density at radius 2 is 2.00 bits per heavy atom. The maximum Gasteiger partial charge on any atom is 0.325 e. The number of halogens is 2. The lowest BCUT2D eigenvalue weighted by atomic mass is 10.2. The minimum Gasteiger partial charge on any atom is -0.465 e. The van der Waals surface area contributed by atoms with Gasteiger partial charge >= 0.3 is 5.97 Å². The number of anilines is 1. The highest BCUT2D eigenvalue weighted by Gasteiger charge is 2.01. The standard InChI is InChI=1S/C14H17N3O2.2ClH/c1-2-19-14(18)9-16-13-5-3-12(4-6-13)10-17-8-7-15-11-17;;/h3-8,11,16H,2,9-10H2,1H3;2*1H. The molecule has 1 aromatic carbocycles. The lowest BCUT2D eigenvalue weighted by Crippen LogP contribution is -2.16. The van der Waals surface area contributed by atoms with Crippen molar-refractivity contribution in [1.29, 1.82) is 0 Å². The summed E-state index contributed by atoms with van der Waals surface area (Å²) in [5.74, 6) is -0.245. The number of hydrogen-bond acceptors (Lipinski definition) is 4. The number of carbonyl (C=O) groups is 1. The molecule has 0 atom stereocenters. The Bertz CT molecular complexity index is 516. The first-order chi connectivity index (χ1) is 9.28. The van der Waals surface area contributed by atoms with Crippen LogP contribution in [0.5, 0.6) is 0 Å². The van der Waals surface area contributed by atoms with Crippen molar-refractivity contribution in [3.05, 3.63) is 48.5 Å². The molecule has 116 valence electrons. The van der Waals surface area contributed by atoms with Gasteiger partial charge in [-0.15, -0.1) is 24.8 Å². The first kappa shape index (κ1) is 19.3. The molecule has 2 aromatic rings. The molecule has 0 aliphatic heterocycles. The van der Waals surface area contributed by atoms with Gasteiger partial charge in [0, 0.05) is 24.6 Å². The van der Waals surface area contributed by atoms with E-state index in [1.807, 2.05) is 35.0 Å². The van der Waals surface area contributed by atoms with Crippen molar-refractivity contribution in [3.63, 3.8) is 0 Å². The number of nitrogens with zero attached hydrogens (tertiary/aromatic N) is 2. The molecular weight excluding hydrogens is 313 g/mol. The largest absolute Gasteiger partial charge is 0.465 e. The van der Waals surface area contributed by atoms with E-state index in [-0.39, 0.29) is 37.3 Å². The topological polar surface area (TPSA) is 56.1 Å². The van der Waals surface area contributed by atoms with Crippen LogP contribution < -0.4 is 5.32 Å². The lowest BCUT2D eigenvalue weighted by molar-refractivity contribution is -0.140. The number of esters is 1. The number of carbonyl (C=O) groups excluding carboxylic acids is 1. The average Bonchev–Trinajstić information content (AvgIpc) is 2.91. The Morgan fingerprint density at radius 3 is 2.57 bits per heavy atom. The van der Waals surface area contributed by atoms with E-state index in [1.165, 1.54) is 5.56 Å². The van der Waals surface area contributed by atoms with Crippen molar-refractivity contribution in [2.75, 3.05) is 18.5 Å². The van der Waals surface area contributed by atoms with Gasteiger partial charge in [0.1, 0.15) is 6.54 Å². The van der Waals surface area contributed by atoms with Crippen molar-refractivity contribution in [3.8, 4) is 0 Å². The predicted octanol–water partition coefficient (Wildman–Crippen LogP) is 2.75. The fourth-order valence-corrected chi connectivity index (χ4v) is 1.71. The number of ether oxygens (including phenoxy) is 1. The molecule has 0 amide bonds. The molecule has 1 heterocycles. The molecule has 2 rings (SSSR count). The van der Waals surface area contributed by atoms with Gasteiger partial charge in [0.25, 0.3) is 0 Å². The van der Waals surface area contributed by atoms with Gasteiger partial charge in [0.15, 0.2) is 0 Å². The number of aromatic nitrogens is 2. The molecular formula is C14H19Cl2N3O2. The van der Waals surface area contributed by atoms with Crippen molar-refractivity contribution in [2.45, 2.75) is 13.5 Å². The number of benzene rings is 1. The third-order valence-electron chi connectivity index (χ3n) is 2.62.